The van der Waals surface area contributed by atoms with Crippen molar-refractivity contribution in [1.82, 2.24) is 0 Å². The summed E-state index contributed by atoms with van der Waals surface area (Å²) in [5.74, 6) is 0.0310. The standard InChI is InChI=1S/C30H40O4S/c1-26(2,3)21-13-9-11-15-23(21)30(35(32,33)34,24-16-12-10-14-22(24)27(4,5)6)29-18-17-20(19-25(29)31)28(29,7)8/h9-16,20H,17-19H2,1-8H3,(H,32,33,34). The van der Waals surface area contributed by atoms with Crippen LogP contribution in [-0.4, -0.2) is 18.8 Å². The highest BCUT2D eigenvalue weighted by Gasteiger charge is 2.77. The van der Waals surface area contributed by atoms with E-state index in [1.165, 1.54) is 0 Å². The predicted molar refractivity (Wildman–Crippen MR) is 141 cm³/mol. The summed E-state index contributed by atoms with van der Waals surface area (Å²) >= 11 is 0. The molecule has 2 bridgehead atoms. The van der Waals surface area contributed by atoms with Crippen LogP contribution in [0.3, 0.4) is 0 Å². The molecule has 2 unspecified atom stereocenters. The third-order valence-electron chi connectivity index (χ3n) is 9.11. The zero-order valence-electron chi connectivity index (χ0n) is 22.4. The van der Waals surface area contributed by atoms with Crippen LogP contribution in [0, 0.1) is 16.7 Å². The van der Waals surface area contributed by atoms with E-state index in [0.29, 0.717) is 24.0 Å². The quantitative estimate of drug-likeness (QED) is 0.472. The number of carbonyl (C=O) groups excluding carboxylic acids is 1. The fraction of sp³-hybridized carbons (Fsp3) is 0.567. The van der Waals surface area contributed by atoms with E-state index in [2.05, 4.69) is 0 Å². The second kappa shape index (κ2) is 7.76. The van der Waals surface area contributed by atoms with Crippen molar-refractivity contribution >= 4 is 15.9 Å². The summed E-state index contributed by atoms with van der Waals surface area (Å²) < 4.78 is 38.1. The van der Waals surface area contributed by atoms with Gasteiger partial charge in [0.05, 0.1) is 5.41 Å². The van der Waals surface area contributed by atoms with Crippen molar-refractivity contribution in [3.63, 3.8) is 0 Å². The van der Waals surface area contributed by atoms with Crippen molar-refractivity contribution in [3.8, 4) is 0 Å². The van der Waals surface area contributed by atoms with Crippen LogP contribution in [0.15, 0.2) is 48.5 Å². The lowest BCUT2D eigenvalue weighted by molar-refractivity contribution is -0.131. The van der Waals surface area contributed by atoms with Crippen molar-refractivity contribution in [3.05, 3.63) is 70.8 Å². The van der Waals surface area contributed by atoms with E-state index < -0.39 is 36.5 Å². The molecule has 0 saturated heterocycles. The summed E-state index contributed by atoms with van der Waals surface area (Å²) in [6, 6.07) is 15.0. The number of ketones is 1. The number of hydrogen-bond donors (Lipinski definition) is 1. The van der Waals surface area contributed by atoms with E-state index in [4.69, 9.17) is 0 Å². The van der Waals surface area contributed by atoms with E-state index in [9.17, 15) is 17.8 Å². The second-order valence-electron chi connectivity index (χ2n) is 13.2. The molecule has 0 amide bonds. The summed E-state index contributed by atoms with van der Waals surface area (Å²) in [4.78, 5) is 14.2. The highest BCUT2D eigenvalue weighted by Crippen LogP contribution is 2.74. The van der Waals surface area contributed by atoms with Crippen molar-refractivity contribution in [2.24, 2.45) is 16.7 Å². The monoisotopic (exact) mass is 496 g/mol. The Morgan fingerprint density at radius 1 is 0.800 bits per heavy atom. The van der Waals surface area contributed by atoms with Gasteiger partial charge in [0.25, 0.3) is 10.1 Å². The zero-order chi connectivity index (χ0) is 26.2. The molecule has 0 radical (unpaired) electrons. The third kappa shape index (κ3) is 3.33. The predicted octanol–water partition coefficient (Wildman–Crippen LogP) is 6.81. The molecule has 4 rings (SSSR count). The molecule has 0 aliphatic heterocycles. The van der Waals surface area contributed by atoms with Crippen molar-refractivity contribution in [2.45, 2.75) is 90.2 Å². The lowest BCUT2D eigenvalue weighted by Crippen LogP contribution is -2.60. The van der Waals surface area contributed by atoms with Gasteiger partial charge in [-0.15, -0.1) is 0 Å². The molecule has 2 aromatic rings. The number of hydrogen-bond acceptors (Lipinski definition) is 3. The van der Waals surface area contributed by atoms with E-state index >= 15 is 0 Å². The van der Waals surface area contributed by atoms with E-state index in [0.717, 1.165) is 17.5 Å². The lowest BCUT2D eigenvalue weighted by Gasteiger charge is -2.53. The van der Waals surface area contributed by atoms with Gasteiger partial charge in [0.1, 0.15) is 5.78 Å². The fourth-order valence-corrected chi connectivity index (χ4v) is 9.32. The minimum absolute atomic E-state index is 0.0520. The van der Waals surface area contributed by atoms with Gasteiger partial charge in [-0.2, -0.15) is 8.42 Å². The molecule has 2 saturated carbocycles. The van der Waals surface area contributed by atoms with Crippen LogP contribution in [0.2, 0.25) is 0 Å². The average molecular weight is 497 g/mol. The molecular formula is C30H40O4S. The van der Waals surface area contributed by atoms with Gasteiger partial charge in [-0.3, -0.25) is 9.35 Å². The number of Topliss-reactive ketones (excluding diaryl/α,β-unsaturated/α-hetero) is 1. The number of fused-ring (bicyclic) bond motifs is 2. The molecule has 2 fully saturated rings. The largest absolute Gasteiger partial charge is 0.299 e. The molecular weight excluding hydrogens is 456 g/mol. The highest BCUT2D eigenvalue weighted by molar-refractivity contribution is 7.87. The minimum Gasteiger partial charge on any atom is -0.299 e. The maximum absolute atomic E-state index is 14.2. The van der Waals surface area contributed by atoms with Crippen LogP contribution in [-0.2, 0) is 30.5 Å². The summed E-state index contributed by atoms with van der Waals surface area (Å²) in [6.45, 7) is 16.4. The first-order valence-electron chi connectivity index (χ1n) is 12.6. The molecule has 5 heteroatoms. The second-order valence-corrected chi connectivity index (χ2v) is 14.8. The summed E-state index contributed by atoms with van der Waals surface area (Å²) in [5, 5.41) is 0. The van der Waals surface area contributed by atoms with Crippen LogP contribution < -0.4 is 0 Å². The first kappa shape index (κ1) is 26.1. The Balaban J connectivity index is 2.35. The van der Waals surface area contributed by atoms with Crippen molar-refractivity contribution in [1.29, 1.82) is 0 Å². The van der Waals surface area contributed by atoms with Gasteiger partial charge >= 0.3 is 0 Å². The van der Waals surface area contributed by atoms with E-state index in [-0.39, 0.29) is 11.7 Å². The van der Waals surface area contributed by atoms with E-state index in [1.807, 2.05) is 104 Å². The highest BCUT2D eigenvalue weighted by atomic mass is 32.2. The Bertz CT molecular complexity index is 1220. The molecule has 2 aliphatic carbocycles. The first-order chi connectivity index (χ1) is 15.9. The van der Waals surface area contributed by atoms with Crippen LogP contribution in [0.5, 0.6) is 0 Å². The van der Waals surface area contributed by atoms with Crippen LogP contribution >= 0.6 is 0 Å². The summed E-state index contributed by atoms with van der Waals surface area (Å²) in [7, 11) is -4.85. The van der Waals surface area contributed by atoms with Gasteiger partial charge in [0.2, 0.25) is 0 Å². The van der Waals surface area contributed by atoms with Crippen LogP contribution in [0.25, 0.3) is 0 Å². The van der Waals surface area contributed by atoms with E-state index in [1.54, 1.807) is 0 Å². The van der Waals surface area contributed by atoms with Crippen molar-refractivity contribution < 1.29 is 17.8 Å². The molecule has 2 aliphatic rings. The van der Waals surface area contributed by atoms with Crippen LogP contribution in [0.1, 0.15) is 96.9 Å². The van der Waals surface area contributed by atoms with Gasteiger partial charge in [0, 0.05) is 6.42 Å². The molecule has 35 heavy (non-hydrogen) atoms. The Morgan fingerprint density at radius 3 is 1.49 bits per heavy atom. The molecule has 2 atom stereocenters. The molecule has 4 nitrogen and oxygen atoms in total. The topological polar surface area (TPSA) is 71.4 Å². The van der Waals surface area contributed by atoms with Gasteiger partial charge in [-0.25, -0.2) is 0 Å². The van der Waals surface area contributed by atoms with Gasteiger partial charge < -0.3 is 0 Å². The lowest BCUT2D eigenvalue weighted by atomic mass is 9.55. The maximum Gasteiger partial charge on any atom is 0.280 e. The third-order valence-corrected chi connectivity index (χ3v) is 10.7. The molecule has 0 spiro atoms. The van der Waals surface area contributed by atoms with Gasteiger partial charge in [0.15, 0.2) is 4.75 Å². The Morgan fingerprint density at radius 2 is 1.20 bits per heavy atom. The Kier molecular flexibility index (Phi) is 5.78. The summed E-state index contributed by atoms with van der Waals surface area (Å²) in [6.07, 6.45) is 1.55. The smallest absolute Gasteiger partial charge is 0.280 e. The van der Waals surface area contributed by atoms with Gasteiger partial charge in [-0.05, 0) is 57.3 Å². The SMILES string of the molecule is CC(C)(C)c1ccccc1C(c1ccccc1C(C)(C)C)(C12CCC(CC1=O)C2(C)C)S(=O)(=O)O. The number of rotatable bonds is 4. The first-order valence-corrected chi connectivity index (χ1v) is 14.1. The molecule has 0 aromatic heterocycles. The normalized spacial score (nSPS) is 24.7. The molecule has 1 N–H and O–H groups in total. The molecule has 190 valence electrons. The average Bonchev–Trinajstić information content (AvgIpc) is 3.08. The Hall–Kier alpha value is -1.98. The zero-order valence-corrected chi connectivity index (χ0v) is 23.2. The van der Waals surface area contributed by atoms with Crippen molar-refractivity contribution in [2.75, 3.05) is 0 Å². The van der Waals surface area contributed by atoms with Gasteiger partial charge in [-0.1, -0.05) is 104 Å². The molecule has 2 aromatic carbocycles. The summed E-state index contributed by atoms with van der Waals surface area (Å²) in [5.41, 5.74) is -0.0277. The Labute approximate surface area is 211 Å². The molecule has 0 heterocycles. The number of benzene rings is 2. The minimum atomic E-state index is -4.85. The van der Waals surface area contributed by atoms with Crippen LogP contribution in [0.4, 0.5) is 0 Å². The maximum atomic E-state index is 14.2. The number of carbonyl (C=O) groups is 1. The fourth-order valence-electron chi connectivity index (χ4n) is 7.49.